The van der Waals surface area contributed by atoms with Crippen LogP contribution >= 0.6 is 0 Å². The van der Waals surface area contributed by atoms with Gasteiger partial charge in [-0.2, -0.15) is 0 Å². The van der Waals surface area contributed by atoms with Crippen molar-refractivity contribution in [3.63, 3.8) is 0 Å². The number of benzene rings is 1. The molecule has 1 N–H and O–H groups in total. The number of ether oxygens (including phenoxy) is 2. The number of aliphatic carboxylic acids is 1. The third kappa shape index (κ3) is 9.75. The minimum absolute atomic E-state index is 0.210. The number of carboxylic acids is 1. The average Bonchev–Trinajstić information content (AvgIpc) is 2.69. The Bertz CT molecular complexity index is 633. The lowest BCUT2D eigenvalue weighted by molar-refractivity contribution is -0.137. The summed E-state index contributed by atoms with van der Waals surface area (Å²) < 4.78 is 11.4. The largest absolute Gasteiger partial charge is 0.492 e. The molecule has 2 rings (SSSR count). The molecule has 146 valence electrons. The Balaban J connectivity index is 1.61. The van der Waals surface area contributed by atoms with Gasteiger partial charge in [-0.3, -0.25) is 9.78 Å². The predicted octanol–water partition coefficient (Wildman–Crippen LogP) is 4.72. The van der Waals surface area contributed by atoms with Crippen LogP contribution in [-0.2, 0) is 16.1 Å². The molecule has 0 radical (unpaired) electrons. The van der Waals surface area contributed by atoms with Crippen LogP contribution in [0.15, 0.2) is 54.9 Å². The van der Waals surface area contributed by atoms with E-state index in [2.05, 4.69) is 17.1 Å². The molecule has 1 heterocycles. The van der Waals surface area contributed by atoms with E-state index in [1.165, 1.54) is 5.56 Å². The number of hydrogen-bond acceptors (Lipinski definition) is 4. The standard InChI is InChI=1S/C22H29NO4/c24-22(25)12-11-19(13-16-27-21-10-6-14-23-17-21)7-4-5-15-26-18-20-8-2-1-3-9-20/h1-3,6,8-10,14,17,19H,4-5,7,11-13,15-16,18H2,(H,24,25)/t19-/m0/s1. The van der Waals surface area contributed by atoms with Gasteiger partial charge in [0.15, 0.2) is 0 Å². The molecule has 1 aromatic heterocycles. The van der Waals surface area contributed by atoms with E-state index in [4.69, 9.17) is 14.6 Å². The van der Waals surface area contributed by atoms with Crippen LogP contribution in [0.3, 0.4) is 0 Å². The molecule has 0 amide bonds. The van der Waals surface area contributed by atoms with E-state index in [-0.39, 0.29) is 6.42 Å². The van der Waals surface area contributed by atoms with Crippen molar-refractivity contribution in [2.24, 2.45) is 5.92 Å². The number of hydrogen-bond donors (Lipinski definition) is 1. The Morgan fingerprint density at radius 1 is 1.00 bits per heavy atom. The normalized spacial score (nSPS) is 11.9. The van der Waals surface area contributed by atoms with E-state index < -0.39 is 5.97 Å². The van der Waals surface area contributed by atoms with Crippen LogP contribution in [-0.4, -0.2) is 29.3 Å². The van der Waals surface area contributed by atoms with Crippen molar-refractivity contribution < 1.29 is 19.4 Å². The third-order valence-corrected chi connectivity index (χ3v) is 4.46. The van der Waals surface area contributed by atoms with Crippen LogP contribution in [0.2, 0.25) is 0 Å². The van der Waals surface area contributed by atoms with Crippen LogP contribution in [0.4, 0.5) is 0 Å². The molecule has 2 aromatic rings. The number of aromatic nitrogens is 1. The zero-order valence-electron chi connectivity index (χ0n) is 15.8. The zero-order valence-corrected chi connectivity index (χ0v) is 15.8. The van der Waals surface area contributed by atoms with Gasteiger partial charge in [0.2, 0.25) is 0 Å². The van der Waals surface area contributed by atoms with Crippen molar-refractivity contribution >= 4 is 5.97 Å². The lowest BCUT2D eigenvalue weighted by atomic mass is 9.94. The molecule has 0 unspecified atom stereocenters. The first-order chi connectivity index (χ1) is 13.2. The number of pyridine rings is 1. The summed E-state index contributed by atoms with van der Waals surface area (Å²) in [5, 5.41) is 8.96. The van der Waals surface area contributed by atoms with Crippen molar-refractivity contribution in [2.45, 2.75) is 45.1 Å². The van der Waals surface area contributed by atoms with Gasteiger partial charge in [0.1, 0.15) is 5.75 Å². The molecule has 0 saturated heterocycles. The highest BCUT2D eigenvalue weighted by atomic mass is 16.5. The fraction of sp³-hybridized carbons (Fsp3) is 0.455. The summed E-state index contributed by atoms with van der Waals surface area (Å²) in [4.78, 5) is 14.9. The fourth-order valence-corrected chi connectivity index (χ4v) is 2.94. The maximum absolute atomic E-state index is 10.9. The lowest BCUT2D eigenvalue weighted by Gasteiger charge is -2.16. The second-order valence-electron chi connectivity index (χ2n) is 6.66. The molecule has 5 heteroatoms. The summed E-state index contributed by atoms with van der Waals surface area (Å²) in [6, 6.07) is 13.9. The van der Waals surface area contributed by atoms with Gasteiger partial charge in [-0.1, -0.05) is 43.2 Å². The number of nitrogens with zero attached hydrogens (tertiary/aromatic N) is 1. The molecule has 0 fully saturated rings. The summed E-state index contributed by atoms with van der Waals surface area (Å²) >= 11 is 0. The first kappa shape index (κ1) is 20.9. The van der Waals surface area contributed by atoms with E-state index in [1.807, 2.05) is 30.3 Å². The maximum Gasteiger partial charge on any atom is 0.303 e. The highest BCUT2D eigenvalue weighted by molar-refractivity contribution is 5.66. The summed E-state index contributed by atoms with van der Waals surface area (Å²) in [7, 11) is 0. The van der Waals surface area contributed by atoms with Gasteiger partial charge >= 0.3 is 5.97 Å². The van der Waals surface area contributed by atoms with Gasteiger partial charge in [0.05, 0.1) is 19.4 Å². The number of rotatable bonds is 14. The molecule has 0 aliphatic rings. The van der Waals surface area contributed by atoms with Crippen LogP contribution in [0.5, 0.6) is 5.75 Å². The van der Waals surface area contributed by atoms with Crippen LogP contribution in [0.1, 0.15) is 44.1 Å². The number of carboxylic acid groups (broad SMARTS) is 1. The minimum Gasteiger partial charge on any atom is -0.492 e. The zero-order chi connectivity index (χ0) is 19.2. The molecular weight excluding hydrogens is 342 g/mol. The molecule has 27 heavy (non-hydrogen) atoms. The molecule has 1 atom stereocenters. The Kier molecular flexibility index (Phi) is 9.97. The highest BCUT2D eigenvalue weighted by Crippen LogP contribution is 2.20. The molecule has 0 aliphatic heterocycles. The SMILES string of the molecule is O=C(O)CC[C@H](CCCCOCc1ccccc1)CCOc1cccnc1. The molecule has 1 aromatic carbocycles. The molecule has 0 aliphatic carbocycles. The van der Waals surface area contributed by atoms with Crippen molar-refractivity contribution in [1.29, 1.82) is 0 Å². The van der Waals surface area contributed by atoms with Gasteiger partial charge < -0.3 is 14.6 Å². The fourth-order valence-electron chi connectivity index (χ4n) is 2.94. The van der Waals surface area contributed by atoms with Crippen molar-refractivity contribution in [3.8, 4) is 5.75 Å². The quantitative estimate of drug-likeness (QED) is 0.487. The van der Waals surface area contributed by atoms with E-state index in [0.717, 1.165) is 38.0 Å². The molecule has 0 saturated carbocycles. The first-order valence-corrected chi connectivity index (χ1v) is 9.60. The van der Waals surface area contributed by atoms with Crippen LogP contribution in [0, 0.1) is 5.92 Å². The molecular formula is C22H29NO4. The van der Waals surface area contributed by atoms with E-state index in [1.54, 1.807) is 12.4 Å². The summed E-state index contributed by atoms with van der Waals surface area (Å²) in [5.74, 6) is 0.370. The van der Waals surface area contributed by atoms with Crippen LogP contribution < -0.4 is 4.74 Å². The van der Waals surface area contributed by atoms with Crippen LogP contribution in [0.25, 0.3) is 0 Å². The third-order valence-electron chi connectivity index (χ3n) is 4.46. The Hall–Kier alpha value is -2.40. The summed E-state index contributed by atoms with van der Waals surface area (Å²) in [6.45, 7) is 1.95. The Labute approximate surface area is 161 Å². The maximum atomic E-state index is 10.9. The Morgan fingerprint density at radius 3 is 2.59 bits per heavy atom. The molecule has 5 nitrogen and oxygen atoms in total. The van der Waals surface area contributed by atoms with Crippen molar-refractivity contribution in [3.05, 3.63) is 60.4 Å². The minimum atomic E-state index is -0.737. The highest BCUT2D eigenvalue weighted by Gasteiger charge is 2.11. The first-order valence-electron chi connectivity index (χ1n) is 9.60. The molecule has 0 bridgehead atoms. The predicted molar refractivity (Wildman–Crippen MR) is 105 cm³/mol. The monoisotopic (exact) mass is 371 g/mol. The smallest absolute Gasteiger partial charge is 0.303 e. The van der Waals surface area contributed by atoms with Gasteiger partial charge in [0, 0.05) is 19.2 Å². The second-order valence-corrected chi connectivity index (χ2v) is 6.66. The molecule has 0 spiro atoms. The van der Waals surface area contributed by atoms with Crippen molar-refractivity contribution in [2.75, 3.05) is 13.2 Å². The van der Waals surface area contributed by atoms with E-state index in [9.17, 15) is 4.79 Å². The van der Waals surface area contributed by atoms with Crippen molar-refractivity contribution in [1.82, 2.24) is 4.98 Å². The van der Waals surface area contributed by atoms with Gasteiger partial charge in [0.25, 0.3) is 0 Å². The van der Waals surface area contributed by atoms with Gasteiger partial charge in [-0.05, 0) is 42.9 Å². The second kappa shape index (κ2) is 12.9. The average molecular weight is 371 g/mol. The Morgan fingerprint density at radius 2 is 1.85 bits per heavy atom. The van der Waals surface area contributed by atoms with Gasteiger partial charge in [-0.15, -0.1) is 0 Å². The van der Waals surface area contributed by atoms with Gasteiger partial charge in [-0.25, -0.2) is 0 Å². The lowest BCUT2D eigenvalue weighted by Crippen LogP contribution is -2.10. The summed E-state index contributed by atoms with van der Waals surface area (Å²) in [6.07, 6.45) is 8.18. The van der Waals surface area contributed by atoms with E-state index in [0.29, 0.717) is 25.6 Å². The summed E-state index contributed by atoms with van der Waals surface area (Å²) in [5.41, 5.74) is 1.18. The van der Waals surface area contributed by atoms with E-state index >= 15 is 0 Å². The number of carbonyl (C=O) groups is 1. The topological polar surface area (TPSA) is 68.7 Å². The number of unbranched alkanes of at least 4 members (excludes halogenated alkanes) is 1.